The van der Waals surface area contributed by atoms with E-state index in [9.17, 15) is 58.8 Å². The van der Waals surface area contributed by atoms with E-state index in [0.717, 1.165) is 11.1 Å². The van der Waals surface area contributed by atoms with Crippen LogP contribution in [0.4, 0.5) is 11.4 Å². The minimum atomic E-state index is -1.21. The fourth-order valence-corrected chi connectivity index (χ4v) is 8.75. The number of hydrogen-bond acceptors (Lipinski definition) is 26. The molecule has 0 amide bonds. The lowest BCUT2D eigenvalue weighted by Crippen LogP contribution is -2.48. The molecule has 468 valence electrons. The third kappa shape index (κ3) is 31.6. The molecule has 0 aliphatic carbocycles. The minimum Gasteiger partial charge on any atom is -0.465 e. The average molecular weight is 1180 g/mol. The zero-order valence-corrected chi connectivity index (χ0v) is 49.6. The molecule has 0 radical (unpaired) electrons. The van der Waals surface area contributed by atoms with Crippen LogP contribution in [0.5, 0.6) is 0 Å². The van der Waals surface area contributed by atoms with Gasteiger partial charge in [0.1, 0.15) is 0 Å². The Balaban J connectivity index is 2.55. The summed E-state index contributed by atoms with van der Waals surface area (Å²) < 4.78 is 40.8. The second-order valence-corrected chi connectivity index (χ2v) is 19.1. The highest BCUT2D eigenvalue weighted by molar-refractivity contribution is 5.77. The molecule has 0 spiro atoms. The zero-order chi connectivity index (χ0) is 61.7. The van der Waals surface area contributed by atoms with E-state index in [1.165, 1.54) is 19.6 Å². The van der Waals surface area contributed by atoms with Crippen LogP contribution in [-0.2, 0) is 82.7 Å². The van der Waals surface area contributed by atoms with Gasteiger partial charge in [-0.1, -0.05) is 24.3 Å². The summed E-state index contributed by atoms with van der Waals surface area (Å²) in [7, 11) is 0. The van der Waals surface area contributed by atoms with E-state index in [1.807, 2.05) is 24.3 Å². The quantitative estimate of drug-likeness (QED) is 0.0503. The molecule has 0 heterocycles. The molecule has 26 heteroatoms. The summed E-state index contributed by atoms with van der Waals surface area (Å²) in [5, 5.41) is 46.3. The van der Waals surface area contributed by atoms with Gasteiger partial charge in [-0.15, -0.1) is 0 Å². The summed E-state index contributed by atoms with van der Waals surface area (Å²) in [6.07, 6.45) is -4.41. The molecule has 2 aromatic carbocycles. The lowest BCUT2D eigenvalue weighted by atomic mass is 10.0. The predicted octanol–water partition coefficient (Wildman–Crippen LogP) is 0.0466. The highest BCUT2D eigenvalue weighted by Crippen LogP contribution is 2.22. The molecule has 83 heavy (non-hydrogen) atoms. The van der Waals surface area contributed by atoms with Crippen LogP contribution in [0, 0.1) is 0 Å². The van der Waals surface area contributed by atoms with Gasteiger partial charge in [0.15, 0.2) is 0 Å². The van der Waals surface area contributed by atoms with Gasteiger partial charge in [-0.25, -0.2) is 0 Å². The number of rotatable bonds is 44. The Morgan fingerprint density at radius 2 is 0.470 bits per heavy atom. The number of carbonyl (C=O) groups excluding carboxylic acids is 8. The highest BCUT2D eigenvalue weighted by atomic mass is 16.6. The topological polar surface area (TPSA) is 311 Å². The Bertz CT molecular complexity index is 1900. The van der Waals surface area contributed by atoms with E-state index in [4.69, 9.17) is 37.9 Å². The van der Waals surface area contributed by atoms with Crippen LogP contribution in [-0.4, -0.2) is 270 Å². The highest BCUT2D eigenvalue weighted by Gasteiger charge is 2.28. The van der Waals surface area contributed by atoms with Crippen molar-refractivity contribution in [1.29, 1.82) is 0 Å². The smallest absolute Gasteiger partial charge is 0.320 e. The first-order valence-electron chi connectivity index (χ1n) is 28.2. The Hall–Kier alpha value is -6.52. The van der Waals surface area contributed by atoms with E-state index in [2.05, 4.69) is 0 Å². The maximum absolute atomic E-state index is 12.5. The number of esters is 8. The van der Waals surface area contributed by atoms with Crippen molar-refractivity contribution in [2.24, 2.45) is 0 Å². The fourth-order valence-electron chi connectivity index (χ4n) is 8.75. The predicted molar refractivity (Wildman–Crippen MR) is 303 cm³/mol. The molecule has 0 saturated carbocycles. The van der Waals surface area contributed by atoms with Gasteiger partial charge in [-0.2, -0.15) is 0 Å². The van der Waals surface area contributed by atoms with Gasteiger partial charge in [0.25, 0.3) is 0 Å². The maximum atomic E-state index is 12.5. The summed E-state index contributed by atoms with van der Waals surface area (Å²) >= 11 is 0. The monoisotopic (exact) mass is 1180 g/mol. The molecule has 4 unspecified atom stereocenters. The van der Waals surface area contributed by atoms with Gasteiger partial charge >= 0.3 is 47.8 Å². The summed E-state index contributed by atoms with van der Waals surface area (Å²) in [6.45, 7) is 10.3. The molecule has 0 bridgehead atoms. The van der Waals surface area contributed by atoms with Crippen molar-refractivity contribution < 1.29 is 96.7 Å². The Morgan fingerprint density at radius 3 is 0.627 bits per heavy atom. The van der Waals surface area contributed by atoms with Crippen molar-refractivity contribution in [3.8, 4) is 0 Å². The van der Waals surface area contributed by atoms with Crippen LogP contribution in [0.1, 0.15) is 66.5 Å². The molecule has 0 aromatic heterocycles. The van der Waals surface area contributed by atoms with Gasteiger partial charge in [-0.05, 0) is 97.2 Å². The lowest BCUT2D eigenvalue weighted by Gasteiger charge is -2.33. The van der Waals surface area contributed by atoms with Crippen molar-refractivity contribution in [1.82, 2.24) is 19.6 Å². The minimum absolute atomic E-state index is 0.102. The van der Waals surface area contributed by atoms with Crippen molar-refractivity contribution in [2.45, 2.75) is 86.2 Å². The van der Waals surface area contributed by atoms with Crippen molar-refractivity contribution in [2.75, 3.05) is 167 Å². The van der Waals surface area contributed by atoms with Crippen molar-refractivity contribution in [3.05, 3.63) is 59.7 Å². The molecule has 4 atom stereocenters. The lowest BCUT2D eigenvalue weighted by molar-refractivity contribution is -0.150. The van der Waals surface area contributed by atoms with Gasteiger partial charge < -0.3 is 68.1 Å². The van der Waals surface area contributed by atoms with Crippen LogP contribution in [0.2, 0.25) is 0 Å². The summed E-state index contributed by atoms with van der Waals surface area (Å²) in [6, 6.07) is 14.6. The Morgan fingerprint density at radius 1 is 0.301 bits per heavy atom. The summed E-state index contributed by atoms with van der Waals surface area (Å²) in [4.78, 5) is 109. The van der Waals surface area contributed by atoms with E-state index in [-0.39, 0.29) is 158 Å². The molecule has 2 rings (SSSR count). The zero-order valence-electron chi connectivity index (χ0n) is 49.6. The first-order valence-corrected chi connectivity index (χ1v) is 28.2. The van der Waals surface area contributed by atoms with E-state index >= 15 is 0 Å². The van der Waals surface area contributed by atoms with Gasteiger partial charge in [0, 0.05) is 63.7 Å². The number of aliphatic hydroxyl groups is 4. The molecule has 0 aliphatic rings. The molecular formula is C57H90N6O20. The fraction of sp³-hybridized carbons (Fsp3) is 0.649. The normalized spacial score (nSPS) is 12.7. The first-order chi connectivity index (χ1) is 39.7. The average Bonchev–Trinajstić information content (AvgIpc) is 3.44. The van der Waals surface area contributed by atoms with Crippen LogP contribution in [0.25, 0.3) is 0 Å². The Kier molecular flexibility index (Phi) is 36.3. The third-order valence-electron chi connectivity index (χ3n) is 11.9. The molecule has 26 nitrogen and oxygen atoms in total. The number of nitrogens with zero attached hydrogens (tertiary/aromatic N) is 6. The van der Waals surface area contributed by atoms with E-state index < -0.39 is 72.2 Å². The SMILES string of the molecule is CCOC(=O)CN(CC(=O)OCC)CC(O)CN(CC(O)CN(CC(=O)OCC)CC(=O)OCC)c1ccc(Cc2ccc(N(CC(O)CN(CC(=O)OCC)CC(=O)OCC)CC(O)CN(CC(=O)OCC)CC(=O)OCC)cc2)cc1. The van der Waals surface area contributed by atoms with Gasteiger partial charge in [-0.3, -0.25) is 58.0 Å². The molecular weight excluding hydrogens is 1090 g/mol. The number of carbonyl (C=O) groups is 8. The van der Waals surface area contributed by atoms with Gasteiger partial charge in [0.2, 0.25) is 0 Å². The molecule has 0 aliphatic heterocycles. The molecule has 0 fully saturated rings. The molecule has 0 saturated heterocycles. The van der Waals surface area contributed by atoms with Crippen LogP contribution in [0.15, 0.2) is 48.5 Å². The number of anilines is 2. The number of benzene rings is 2. The van der Waals surface area contributed by atoms with E-state index in [1.54, 1.807) is 89.5 Å². The second kappa shape index (κ2) is 41.5. The van der Waals surface area contributed by atoms with Crippen LogP contribution >= 0.6 is 0 Å². The molecule has 4 N–H and O–H groups in total. The third-order valence-corrected chi connectivity index (χ3v) is 11.9. The standard InChI is InChI=1S/C57H90N6O20/c1-9-76-50(68)34-58(35-51(69)77-10-2)26-46(64)30-62(31-47(65)27-59(36-52(70)78-11-3)37-53(71)79-12-4)44-21-17-42(18-22-44)25-43-19-23-45(24-20-43)63(32-48(66)28-60(38-54(72)80-13-5)39-55(73)81-14-6)33-49(67)29-61(40-56(74)82-15-7)41-57(75)83-16-8/h17-24,46-49,64-67H,9-16,25-41H2,1-8H3. The number of aliphatic hydroxyl groups excluding tert-OH is 4. The Labute approximate surface area is 487 Å². The largest absolute Gasteiger partial charge is 0.465 e. The van der Waals surface area contributed by atoms with Crippen molar-refractivity contribution in [3.63, 3.8) is 0 Å². The molecule has 2 aromatic rings. The van der Waals surface area contributed by atoms with Crippen LogP contribution in [0.3, 0.4) is 0 Å². The van der Waals surface area contributed by atoms with Crippen LogP contribution < -0.4 is 9.80 Å². The number of hydrogen-bond donors (Lipinski definition) is 4. The summed E-state index contributed by atoms with van der Waals surface area (Å²) in [5.74, 6) is -4.89. The van der Waals surface area contributed by atoms with Gasteiger partial charge in [0.05, 0.1) is 130 Å². The maximum Gasteiger partial charge on any atom is 0.320 e. The number of ether oxygens (including phenoxy) is 8. The van der Waals surface area contributed by atoms with Crippen molar-refractivity contribution >= 4 is 59.1 Å². The summed E-state index contributed by atoms with van der Waals surface area (Å²) in [5.41, 5.74) is 2.82. The van der Waals surface area contributed by atoms with E-state index in [0.29, 0.717) is 17.8 Å². The first kappa shape index (κ1) is 72.6. The second-order valence-electron chi connectivity index (χ2n) is 19.1.